The zero-order chi connectivity index (χ0) is 27.9. The highest BCUT2D eigenvalue weighted by atomic mass is 32.2. The second kappa shape index (κ2) is 12.6. The summed E-state index contributed by atoms with van der Waals surface area (Å²) in [5.41, 5.74) is 1.08. The van der Waals surface area contributed by atoms with Gasteiger partial charge in [-0.1, -0.05) is 48.9 Å². The van der Waals surface area contributed by atoms with Crippen molar-refractivity contribution in [2.24, 2.45) is 0 Å². The summed E-state index contributed by atoms with van der Waals surface area (Å²) in [4.78, 5) is 27.8. The van der Waals surface area contributed by atoms with Gasteiger partial charge in [-0.15, -0.1) is 0 Å². The van der Waals surface area contributed by atoms with E-state index in [9.17, 15) is 26.8 Å². The largest absolute Gasteiger partial charge is 0.355 e. The summed E-state index contributed by atoms with van der Waals surface area (Å²) >= 11 is 0. The number of sulfonamides is 1. The molecule has 1 N–H and O–H groups in total. The van der Waals surface area contributed by atoms with Crippen LogP contribution in [-0.4, -0.2) is 44.3 Å². The molecule has 0 saturated heterocycles. The minimum Gasteiger partial charge on any atom is -0.355 e. The fourth-order valence-electron chi connectivity index (χ4n) is 4.00. The van der Waals surface area contributed by atoms with Crippen molar-refractivity contribution in [2.45, 2.75) is 44.7 Å². The Hall–Kier alpha value is -3.79. The molecule has 38 heavy (non-hydrogen) atoms. The molecule has 0 unspecified atom stereocenters. The van der Waals surface area contributed by atoms with E-state index in [1.54, 1.807) is 32.9 Å². The number of benzene rings is 3. The first-order valence-corrected chi connectivity index (χ1v) is 13.7. The van der Waals surface area contributed by atoms with Gasteiger partial charge in [0.25, 0.3) is 10.0 Å². The lowest BCUT2D eigenvalue weighted by molar-refractivity contribution is -0.140. The van der Waals surface area contributed by atoms with E-state index < -0.39 is 46.1 Å². The number of carbonyl (C=O) groups excluding carboxylic acids is 2. The number of nitrogens with zero attached hydrogens (tertiary/aromatic N) is 2. The van der Waals surface area contributed by atoms with Gasteiger partial charge in [-0.05, 0) is 62.2 Å². The van der Waals surface area contributed by atoms with Crippen LogP contribution < -0.4 is 9.62 Å². The highest BCUT2D eigenvalue weighted by molar-refractivity contribution is 7.92. The monoisotopic (exact) mass is 543 g/mol. The molecule has 0 bridgehead atoms. The predicted molar refractivity (Wildman–Crippen MR) is 142 cm³/mol. The van der Waals surface area contributed by atoms with Crippen molar-refractivity contribution in [3.8, 4) is 0 Å². The molecule has 0 aliphatic heterocycles. The Morgan fingerprint density at radius 2 is 1.55 bits per heavy atom. The molecule has 3 rings (SSSR count). The van der Waals surface area contributed by atoms with Gasteiger partial charge in [0.05, 0.1) is 10.6 Å². The summed E-state index contributed by atoms with van der Waals surface area (Å²) in [6, 6.07) is 15.8. The quantitative estimate of drug-likeness (QED) is 0.388. The van der Waals surface area contributed by atoms with Crippen molar-refractivity contribution in [1.82, 2.24) is 10.2 Å². The molecule has 0 aliphatic rings. The molecule has 0 aliphatic carbocycles. The average Bonchev–Trinajstić information content (AvgIpc) is 2.89. The van der Waals surface area contributed by atoms with E-state index in [0.717, 1.165) is 15.9 Å². The van der Waals surface area contributed by atoms with Gasteiger partial charge in [0.1, 0.15) is 24.2 Å². The van der Waals surface area contributed by atoms with Crippen LogP contribution in [0.5, 0.6) is 0 Å². The van der Waals surface area contributed by atoms with Crippen LogP contribution in [0.2, 0.25) is 0 Å². The predicted octanol–water partition coefficient (Wildman–Crippen LogP) is 4.41. The molecule has 3 aromatic rings. The molecule has 7 nitrogen and oxygen atoms in total. The number of aryl methyl sites for hydroxylation is 1. The summed E-state index contributed by atoms with van der Waals surface area (Å²) in [5, 5.41) is 2.70. The zero-order valence-corrected chi connectivity index (χ0v) is 22.3. The summed E-state index contributed by atoms with van der Waals surface area (Å²) in [6.45, 7) is 4.76. The normalized spacial score (nSPS) is 12.0. The molecule has 2 amide bonds. The first-order chi connectivity index (χ1) is 18.1. The number of hydrogen-bond acceptors (Lipinski definition) is 4. The van der Waals surface area contributed by atoms with Crippen LogP contribution in [0.3, 0.4) is 0 Å². The van der Waals surface area contributed by atoms with Crippen LogP contribution in [0.1, 0.15) is 31.4 Å². The number of para-hydroxylation sites is 1. The van der Waals surface area contributed by atoms with E-state index in [1.807, 2.05) is 0 Å². The van der Waals surface area contributed by atoms with Crippen molar-refractivity contribution in [3.63, 3.8) is 0 Å². The number of anilines is 1. The van der Waals surface area contributed by atoms with Crippen LogP contribution >= 0.6 is 0 Å². The molecule has 202 valence electrons. The molecule has 10 heteroatoms. The molecule has 0 aromatic heterocycles. The highest BCUT2D eigenvalue weighted by Crippen LogP contribution is 2.27. The summed E-state index contributed by atoms with van der Waals surface area (Å²) in [5.74, 6) is -2.41. The summed E-state index contributed by atoms with van der Waals surface area (Å²) in [7, 11) is -4.37. The lowest BCUT2D eigenvalue weighted by atomic mass is 10.1. The SMILES string of the molecule is CCNC(=O)[C@H](CC)N(Cc1ccc(F)cc1)C(=O)CN(c1ccccc1F)S(=O)(=O)c1ccc(C)cc1. The standard InChI is InChI=1S/C28H31F2N3O4S/c1-4-25(28(35)31-5-2)32(18-21-12-14-22(29)15-13-21)27(34)19-33(26-9-7-6-8-24(26)30)38(36,37)23-16-10-20(3)11-17-23/h6-17,25H,4-5,18-19H2,1-3H3,(H,31,35)/t25-/m0/s1. The number of amides is 2. The Labute approximate surface area is 222 Å². The van der Waals surface area contributed by atoms with Gasteiger partial charge < -0.3 is 10.2 Å². The van der Waals surface area contributed by atoms with Crippen molar-refractivity contribution in [1.29, 1.82) is 0 Å². The molecular formula is C28H31F2N3O4S. The fraction of sp³-hybridized carbons (Fsp3) is 0.286. The maximum Gasteiger partial charge on any atom is 0.264 e. The molecule has 0 heterocycles. The minimum atomic E-state index is -4.37. The van der Waals surface area contributed by atoms with Crippen LogP contribution in [0.25, 0.3) is 0 Å². The summed E-state index contributed by atoms with van der Waals surface area (Å²) in [6.07, 6.45) is 0.239. The number of hydrogen-bond donors (Lipinski definition) is 1. The second-order valence-electron chi connectivity index (χ2n) is 8.74. The Morgan fingerprint density at radius 1 is 0.921 bits per heavy atom. The van der Waals surface area contributed by atoms with Gasteiger partial charge in [-0.3, -0.25) is 13.9 Å². The molecule has 1 atom stereocenters. The van der Waals surface area contributed by atoms with Crippen molar-refractivity contribution in [3.05, 3.63) is 95.6 Å². The van der Waals surface area contributed by atoms with Gasteiger partial charge in [0.15, 0.2) is 0 Å². The van der Waals surface area contributed by atoms with E-state index >= 15 is 0 Å². The fourth-order valence-corrected chi connectivity index (χ4v) is 5.42. The van der Waals surface area contributed by atoms with Crippen molar-refractivity contribution >= 4 is 27.5 Å². The number of carbonyl (C=O) groups is 2. The lowest BCUT2D eigenvalue weighted by Gasteiger charge is -2.33. The summed E-state index contributed by atoms with van der Waals surface area (Å²) < 4.78 is 56.5. The third-order valence-corrected chi connectivity index (χ3v) is 7.79. The maximum absolute atomic E-state index is 14.9. The van der Waals surface area contributed by atoms with Crippen LogP contribution in [0.15, 0.2) is 77.7 Å². The Morgan fingerprint density at radius 3 is 2.13 bits per heavy atom. The molecule has 0 fully saturated rings. The molecule has 0 spiro atoms. The number of likely N-dealkylation sites (N-methyl/N-ethyl adjacent to an activating group) is 1. The van der Waals surface area contributed by atoms with Gasteiger partial charge in [-0.25, -0.2) is 17.2 Å². The highest BCUT2D eigenvalue weighted by Gasteiger charge is 2.34. The number of rotatable bonds is 11. The second-order valence-corrected chi connectivity index (χ2v) is 10.6. The first kappa shape index (κ1) is 28.8. The maximum atomic E-state index is 14.9. The molecule has 0 radical (unpaired) electrons. The van der Waals surface area contributed by atoms with Gasteiger partial charge in [0, 0.05) is 13.1 Å². The zero-order valence-electron chi connectivity index (χ0n) is 21.5. The third kappa shape index (κ3) is 6.74. The molecular weight excluding hydrogens is 512 g/mol. The average molecular weight is 544 g/mol. The van der Waals surface area contributed by atoms with Crippen LogP contribution in [0, 0.1) is 18.6 Å². The van der Waals surface area contributed by atoms with E-state index in [0.29, 0.717) is 12.1 Å². The van der Waals surface area contributed by atoms with Crippen molar-refractivity contribution < 1.29 is 26.8 Å². The van der Waals surface area contributed by atoms with Gasteiger partial charge in [-0.2, -0.15) is 0 Å². The van der Waals surface area contributed by atoms with E-state index in [1.165, 1.54) is 59.5 Å². The first-order valence-electron chi connectivity index (χ1n) is 12.2. The molecule has 3 aromatic carbocycles. The van der Waals surface area contributed by atoms with Gasteiger partial charge in [0.2, 0.25) is 11.8 Å². The van der Waals surface area contributed by atoms with E-state index in [4.69, 9.17) is 0 Å². The minimum absolute atomic E-state index is 0.0789. The number of halogens is 2. The van der Waals surface area contributed by atoms with E-state index in [-0.39, 0.29) is 23.5 Å². The Balaban J connectivity index is 2.06. The Bertz CT molecular complexity index is 1360. The lowest BCUT2D eigenvalue weighted by Crippen LogP contribution is -2.52. The van der Waals surface area contributed by atoms with Crippen LogP contribution in [-0.2, 0) is 26.2 Å². The van der Waals surface area contributed by atoms with Gasteiger partial charge >= 0.3 is 0 Å². The van der Waals surface area contributed by atoms with Crippen molar-refractivity contribution in [2.75, 3.05) is 17.4 Å². The third-order valence-electron chi connectivity index (χ3n) is 6.01. The van der Waals surface area contributed by atoms with E-state index in [2.05, 4.69) is 5.32 Å². The number of nitrogens with one attached hydrogen (secondary N) is 1. The smallest absolute Gasteiger partial charge is 0.264 e. The molecule has 0 saturated carbocycles. The van der Waals surface area contributed by atoms with Crippen LogP contribution in [0.4, 0.5) is 14.5 Å². The Kier molecular flexibility index (Phi) is 9.57. The topological polar surface area (TPSA) is 86.8 Å².